The fraction of sp³-hybridized carbons (Fsp3) is 0.353. The van der Waals surface area contributed by atoms with E-state index in [0.29, 0.717) is 21.9 Å². The van der Waals surface area contributed by atoms with E-state index in [0.717, 1.165) is 12.1 Å². The number of carbonyl (C=O) groups excluding carboxylic acids is 2. The lowest BCUT2D eigenvalue weighted by atomic mass is 9.95. The van der Waals surface area contributed by atoms with Crippen LogP contribution in [0.3, 0.4) is 0 Å². The van der Waals surface area contributed by atoms with Crippen molar-refractivity contribution in [3.8, 4) is 11.1 Å². The van der Waals surface area contributed by atoms with Crippen LogP contribution in [0.15, 0.2) is 65.7 Å². The van der Waals surface area contributed by atoms with Gasteiger partial charge in [0.25, 0.3) is 22.4 Å². The first kappa shape index (κ1) is 35.1. The Kier molecular flexibility index (Phi) is 9.26. The predicted molar refractivity (Wildman–Crippen MR) is 167 cm³/mol. The summed E-state index contributed by atoms with van der Waals surface area (Å²) in [5.74, 6) is -8.79. The summed E-state index contributed by atoms with van der Waals surface area (Å²) in [6.07, 6.45) is -1.94. The van der Waals surface area contributed by atoms with Gasteiger partial charge in [0.05, 0.1) is 16.6 Å². The second-order valence-electron chi connectivity index (χ2n) is 12.9. The smallest absolute Gasteiger partial charge is 0.293 e. The first-order valence-electron chi connectivity index (χ1n) is 15.7. The van der Waals surface area contributed by atoms with Crippen LogP contribution >= 0.6 is 0 Å². The molecule has 2 aromatic heterocycles. The largest absolute Gasteiger partial charge is 0.346 e. The van der Waals surface area contributed by atoms with Crippen LogP contribution in [0.25, 0.3) is 11.1 Å². The van der Waals surface area contributed by atoms with Crippen LogP contribution in [0.5, 0.6) is 0 Å². The molecule has 1 saturated carbocycles. The summed E-state index contributed by atoms with van der Waals surface area (Å²) in [6, 6.07) is 10.2. The number of hydrogen-bond acceptors (Lipinski definition) is 6. The third-order valence-corrected chi connectivity index (χ3v) is 10.0. The predicted octanol–water partition coefficient (Wildman–Crippen LogP) is 6.32. The molecule has 0 aliphatic heterocycles. The van der Waals surface area contributed by atoms with Crippen molar-refractivity contribution in [1.29, 1.82) is 0 Å². The van der Waals surface area contributed by atoms with Crippen LogP contribution in [-0.4, -0.2) is 35.0 Å². The van der Waals surface area contributed by atoms with E-state index in [-0.39, 0.29) is 46.9 Å². The molecule has 264 valence electrons. The van der Waals surface area contributed by atoms with Crippen molar-refractivity contribution in [3.05, 3.63) is 101 Å². The van der Waals surface area contributed by atoms with Crippen LogP contribution in [0, 0.1) is 23.5 Å². The second-order valence-corrected chi connectivity index (χ2v) is 14.5. The summed E-state index contributed by atoms with van der Waals surface area (Å²) in [5, 5.41) is 6.34. The van der Waals surface area contributed by atoms with Gasteiger partial charge in [0.2, 0.25) is 11.8 Å². The first-order chi connectivity index (χ1) is 23.5. The number of nitrogens with one attached hydrogen (secondary N) is 2. The fourth-order valence-electron chi connectivity index (χ4n) is 6.51. The van der Waals surface area contributed by atoms with Crippen molar-refractivity contribution < 1.29 is 44.3 Å². The zero-order chi connectivity index (χ0) is 36.1. The van der Waals surface area contributed by atoms with Crippen molar-refractivity contribution >= 4 is 21.8 Å². The van der Waals surface area contributed by atoms with E-state index in [2.05, 4.69) is 15.4 Å². The number of aromatic nitrogens is 3. The van der Waals surface area contributed by atoms with Gasteiger partial charge in [-0.1, -0.05) is 32.0 Å². The van der Waals surface area contributed by atoms with E-state index in [1.165, 1.54) is 30.5 Å². The Morgan fingerprint density at radius 1 is 1.00 bits per heavy atom. The zero-order valence-electron chi connectivity index (χ0n) is 26.6. The maximum Gasteiger partial charge on any atom is 0.293 e. The molecule has 0 saturated heterocycles. The number of amides is 2. The fourth-order valence-corrected chi connectivity index (χ4v) is 7.50. The van der Waals surface area contributed by atoms with Gasteiger partial charge in [0, 0.05) is 35.7 Å². The minimum Gasteiger partial charge on any atom is -0.346 e. The Labute approximate surface area is 283 Å². The summed E-state index contributed by atoms with van der Waals surface area (Å²) in [6.45, 7) is 2.68. The molecule has 1 fully saturated rings. The third kappa shape index (κ3) is 6.98. The number of benzene rings is 2. The molecule has 2 heterocycles. The van der Waals surface area contributed by atoms with Gasteiger partial charge in [-0.2, -0.15) is 13.9 Å². The lowest BCUT2D eigenvalue weighted by molar-refractivity contribution is -0.123. The first-order valence-corrected chi connectivity index (χ1v) is 17.2. The van der Waals surface area contributed by atoms with Gasteiger partial charge >= 0.3 is 0 Å². The molecular weight excluding hydrogens is 688 g/mol. The number of pyridine rings is 1. The highest BCUT2D eigenvalue weighted by Gasteiger charge is 2.67. The molecule has 2 aliphatic rings. The van der Waals surface area contributed by atoms with Crippen LogP contribution in [0.1, 0.15) is 73.3 Å². The number of carbonyl (C=O) groups is 2. The maximum atomic E-state index is 15.1. The minimum absolute atomic E-state index is 0.00159. The summed E-state index contributed by atoms with van der Waals surface area (Å²) < 4.78 is 114. The molecule has 3 atom stereocenters. The molecule has 4 aromatic rings. The van der Waals surface area contributed by atoms with Crippen LogP contribution in [-0.2, 0) is 38.5 Å². The lowest BCUT2D eigenvalue weighted by Crippen LogP contribution is -2.35. The summed E-state index contributed by atoms with van der Waals surface area (Å²) in [5.41, 5.74) is -0.689. The molecule has 6 rings (SSSR count). The average molecular weight is 720 g/mol. The quantitative estimate of drug-likeness (QED) is 0.165. The molecule has 2 aliphatic carbocycles. The number of halogens is 6. The summed E-state index contributed by atoms with van der Waals surface area (Å²) >= 11 is 0. The van der Waals surface area contributed by atoms with Crippen molar-refractivity contribution in [2.24, 2.45) is 11.8 Å². The topological polar surface area (TPSA) is 123 Å². The van der Waals surface area contributed by atoms with E-state index < -0.39 is 81.6 Å². The van der Waals surface area contributed by atoms with Gasteiger partial charge in [-0.05, 0) is 66.1 Å². The van der Waals surface area contributed by atoms with Crippen LogP contribution in [0.4, 0.5) is 26.3 Å². The van der Waals surface area contributed by atoms with Crippen LogP contribution in [0.2, 0.25) is 0 Å². The Hall–Kier alpha value is -4.73. The van der Waals surface area contributed by atoms with Gasteiger partial charge in [0.15, 0.2) is 0 Å². The molecule has 16 heteroatoms. The molecule has 0 radical (unpaired) electrons. The Balaban J connectivity index is 1.32. The van der Waals surface area contributed by atoms with E-state index in [1.54, 1.807) is 26.0 Å². The number of nitrogens with zero attached hydrogens (tertiary/aromatic N) is 3. The van der Waals surface area contributed by atoms with Gasteiger partial charge < -0.3 is 5.32 Å². The van der Waals surface area contributed by atoms with Crippen molar-refractivity contribution in [3.63, 3.8) is 0 Å². The number of hydrogen-bond donors (Lipinski definition) is 2. The Morgan fingerprint density at radius 2 is 1.68 bits per heavy atom. The van der Waals surface area contributed by atoms with Crippen molar-refractivity contribution in [2.45, 2.75) is 68.9 Å². The lowest BCUT2D eigenvalue weighted by Gasteiger charge is -2.22. The van der Waals surface area contributed by atoms with Crippen molar-refractivity contribution in [2.75, 3.05) is 0 Å². The van der Waals surface area contributed by atoms with Gasteiger partial charge in [-0.3, -0.25) is 19.3 Å². The minimum atomic E-state index is -4.19. The maximum absolute atomic E-state index is 15.1. The van der Waals surface area contributed by atoms with E-state index in [1.807, 2.05) is 4.72 Å². The normalized spacial score (nSPS) is 18.1. The van der Waals surface area contributed by atoms with Gasteiger partial charge in [-0.15, -0.1) is 0 Å². The second kappa shape index (κ2) is 13.2. The molecule has 2 N–H and O–H groups in total. The highest BCUT2D eigenvalue weighted by Crippen LogP contribution is 2.68. The molecule has 9 nitrogen and oxygen atoms in total. The third-order valence-electron chi connectivity index (χ3n) is 8.64. The number of rotatable bonds is 12. The van der Waals surface area contributed by atoms with Crippen LogP contribution < -0.4 is 10.0 Å². The van der Waals surface area contributed by atoms with Crippen molar-refractivity contribution in [1.82, 2.24) is 24.8 Å². The summed E-state index contributed by atoms with van der Waals surface area (Å²) in [7, 11) is -4.19. The Morgan fingerprint density at radius 3 is 2.32 bits per heavy atom. The highest BCUT2D eigenvalue weighted by atomic mass is 32.2. The molecule has 0 spiro atoms. The number of alkyl halides is 4. The monoisotopic (exact) mass is 719 g/mol. The van der Waals surface area contributed by atoms with E-state index >= 15 is 8.78 Å². The molecule has 2 amide bonds. The molecule has 2 unspecified atom stereocenters. The van der Waals surface area contributed by atoms with Gasteiger partial charge in [0.1, 0.15) is 29.6 Å². The number of sulfonamides is 1. The molecule has 50 heavy (non-hydrogen) atoms. The standard InChI is InChI=1S/C34H31F6N5O4S/c1-17(2)10-27(46)44-50(48,49)22-7-5-19(6-8-22)23-4-3-9-41-30(23)26(13-18-11-20(35)14-21(36)12-18)42-28(47)16-45-32-29(31(43-45)33(37)38)24-15-25(24)34(32,39)40/h3-9,11-12,14,17,24-26,33H,10,13,15-16H2,1-2H3,(H,42,47)(H,44,46)/t24?,25?,26-/m0/s1. The van der Waals surface area contributed by atoms with E-state index in [9.17, 15) is 35.6 Å². The number of fused-ring (bicyclic) bond motifs is 3. The zero-order valence-corrected chi connectivity index (χ0v) is 27.5. The van der Waals surface area contributed by atoms with E-state index in [4.69, 9.17) is 0 Å². The van der Waals surface area contributed by atoms with Gasteiger partial charge in [-0.25, -0.2) is 30.7 Å². The average Bonchev–Trinajstić information content (AvgIpc) is 3.68. The highest BCUT2D eigenvalue weighted by molar-refractivity contribution is 7.90. The Bertz CT molecular complexity index is 2050. The molecule has 2 aromatic carbocycles. The summed E-state index contributed by atoms with van der Waals surface area (Å²) in [4.78, 5) is 29.8. The SMILES string of the molecule is CC(C)CC(=O)NS(=O)(=O)c1ccc(-c2cccnc2[C@H](Cc2cc(F)cc(F)c2)NC(=O)Cn2nc(C(F)F)c3c2C(F)(F)C2CC32)cc1. The molecular formula is C34H31F6N5O4S. The molecule has 0 bridgehead atoms.